The molecule has 0 saturated carbocycles. The first kappa shape index (κ1) is 23.3. The highest BCUT2D eigenvalue weighted by atomic mass is 32.2. The largest absolute Gasteiger partial charge is 0.496 e. The molecule has 2 amide bonds. The molecule has 9 heteroatoms. The van der Waals surface area contributed by atoms with Crippen LogP contribution in [0, 0.1) is 0 Å². The predicted octanol–water partition coefficient (Wildman–Crippen LogP) is 3.07. The van der Waals surface area contributed by atoms with Crippen molar-refractivity contribution in [1.29, 1.82) is 0 Å². The van der Waals surface area contributed by atoms with Gasteiger partial charge in [0.05, 0.1) is 18.8 Å². The lowest BCUT2D eigenvalue weighted by atomic mass is 10.1. The SMILES string of the molecule is COc1ccccc1CN(CC1CCCO1)C(=O)c1ccc2c(c1)S(=O)(=O)N(C(C)C)C2=O. The summed E-state index contributed by atoms with van der Waals surface area (Å²) >= 11 is 0. The second-order valence-electron chi connectivity index (χ2n) is 8.54. The molecule has 0 spiro atoms. The third-order valence-corrected chi connectivity index (χ3v) is 7.95. The Bertz CT molecular complexity index is 1170. The Morgan fingerprint density at radius 1 is 1.24 bits per heavy atom. The van der Waals surface area contributed by atoms with Crippen LogP contribution in [-0.4, -0.2) is 61.8 Å². The Kier molecular flexibility index (Phi) is 6.45. The maximum atomic E-state index is 13.6. The summed E-state index contributed by atoms with van der Waals surface area (Å²) in [6, 6.07) is 11.2. The lowest BCUT2D eigenvalue weighted by molar-refractivity contribution is 0.0505. The number of nitrogens with zero attached hydrogens (tertiary/aromatic N) is 2. The van der Waals surface area contributed by atoms with E-state index in [0.29, 0.717) is 18.9 Å². The second-order valence-corrected chi connectivity index (χ2v) is 10.3. The summed E-state index contributed by atoms with van der Waals surface area (Å²) in [5.41, 5.74) is 1.14. The van der Waals surface area contributed by atoms with Gasteiger partial charge < -0.3 is 14.4 Å². The van der Waals surface area contributed by atoms with E-state index in [4.69, 9.17) is 9.47 Å². The van der Waals surface area contributed by atoms with Crippen LogP contribution in [0.3, 0.4) is 0 Å². The highest BCUT2D eigenvalue weighted by Crippen LogP contribution is 2.33. The molecule has 2 aliphatic heterocycles. The third kappa shape index (κ3) is 4.35. The molecule has 0 aliphatic carbocycles. The van der Waals surface area contributed by atoms with Crippen LogP contribution >= 0.6 is 0 Å². The summed E-state index contributed by atoms with van der Waals surface area (Å²) in [5, 5.41) is 0. The molecule has 0 radical (unpaired) electrons. The van der Waals surface area contributed by atoms with Crippen molar-refractivity contribution in [1.82, 2.24) is 9.21 Å². The van der Waals surface area contributed by atoms with Gasteiger partial charge >= 0.3 is 0 Å². The average Bonchev–Trinajstić information content (AvgIpc) is 3.37. The summed E-state index contributed by atoms with van der Waals surface area (Å²) in [5.74, 6) is -0.230. The number of para-hydroxylation sites is 1. The first-order valence-corrected chi connectivity index (χ1v) is 12.4. The van der Waals surface area contributed by atoms with Crippen molar-refractivity contribution in [2.45, 2.75) is 50.3 Å². The Balaban J connectivity index is 1.68. The van der Waals surface area contributed by atoms with Crippen LogP contribution in [0.2, 0.25) is 0 Å². The van der Waals surface area contributed by atoms with Gasteiger partial charge in [-0.2, -0.15) is 0 Å². The number of rotatable bonds is 7. The zero-order valence-electron chi connectivity index (χ0n) is 19.0. The normalized spacial score (nSPS) is 19.1. The van der Waals surface area contributed by atoms with Crippen LogP contribution in [0.5, 0.6) is 5.75 Å². The molecular weight excluding hydrogens is 444 g/mol. The molecule has 2 aromatic rings. The number of amides is 2. The topological polar surface area (TPSA) is 93.2 Å². The van der Waals surface area contributed by atoms with Crippen LogP contribution in [0.25, 0.3) is 0 Å². The summed E-state index contributed by atoms with van der Waals surface area (Å²) in [4.78, 5) is 27.7. The lowest BCUT2D eigenvalue weighted by Crippen LogP contribution is -2.37. The molecule has 0 aromatic heterocycles. The van der Waals surface area contributed by atoms with Crippen molar-refractivity contribution in [3.8, 4) is 5.75 Å². The van der Waals surface area contributed by atoms with Crippen LogP contribution in [0.1, 0.15) is 53.0 Å². The van der Waals surface area contributed by atoms with Gasteiger partial charge in [0, 0.05) is 36.9 Å². The van der Waals surface area contributed by atoms with E-state index in [1.165, 1.54) is 18.2 Å². The molecule has 4 rings (SSSR count). The Hall–Kier alpha value is -2.91. The Morgan fingerprint density at radius 3 is 2.67 bits per heavy atom. The minimum absolute atomic E-state index is 0.0835. The predicted molar refractivity (Wildman–Crippen MR) is 122 cm³/mol. The van der Waals surface area contributed by atoms with Crippen molar-refractivity contribution in [2.75, 3.05) is 20.3 Å². The lowest BCUT2D eigenvalue weighted by Gasteiger charge is -2.26. The molecule has 176 valence electrons. The summed E-state index contributed by atoms with van der Waals surface area (Å²) in [6.07, 6.45) is 1.71. The number of carbonyl (C=O) groups excluding carboxylic acids is 2. The average molecular weight is 473 g/mol. The molecule has 0 bridgehead atoms. The minimum Gasteiger partial charge on any atom is -0.496 e. The van der Waals surface area contributed by atoms with E-state index in [2.05, 4.69) is 0 Å². The number of hydrogen-bond donors (Lipinski definition) is 0. The maximum Gasteiger partial charge on any atom is 0.269 e. The third-order valence-electron chi connectivity index (χ3n) is 5.95. The molecule has 1 fully saturated rings. The number of carbonyl (C=O) groups is 2. The van der Waals surface area contributed by atoms with Crippen molar-refractivity contribution in [3.63, 3.8) is 0 Å². The Labute approximate surface area is 194 Å². The highest BCUT2D eigenvalue weighted by molar-refractivity contribution is 7.90. The number of fused-ring (bicyclic) bond motifs is 1. The zero-order valence-corrected chi connectivity index (χ0v) is 19.8. The van der Waals surface area contributed by atoms with Crippen molar-refractivity contribution >= 4 is 21.8 Å². The van der Waals surface area contributed by atoms with E-state index in [1.807, 2.05) is 24.3 Å². The smallest absolute Gasteiger partial charge is 0.269 e. The van der Waals surface area contributed by atoms with Crippen LogP contribution in [-0.2, 0) is 21.3 Å². The summed E-state index contributed by atoms with van der Waals surface area (Å²) in [6.45, 7) is 4.60. The van der Waals surface area contributed by atoms with E-state index >= 15 is 0 Å². The van der Waals surface area contributed by atoms with Gasteiger partial charge in [-0.15, -0.1) is 0 Å². The fourth-order valence-electron chi connectivity index (χ4n) is 4.37. The van der Waals surface area contributed by atoms with Gasteiger partial charge in [0.15, 0.2) is 0 Å². The van der Waals surface area contributed by atoms with Crippen LogP contribution in [0.15, 0.2) is 47.4 Å². The number of sulfonamides is 1. The molecule has 1 saturated heterocycles. The van der Waals surface area contributed by atoms with Gasteiger partial charge in [-0.25, -0.2) is 12.7 Å². The first-order chi connectivity index (χ1) is 15.7. The van der Waals surface area contributed by atoms with Gasteiger partial charge in [0.2, 0.25) is 0 Å². The van der Waals surface area contributed by atoms with Crippen molar-refractivity contribution in [3.05, 3.63) is 59.2 Å². The first-order valence-electron chi connectivity index (χ1n) is 11.0. The van der Waals surface area contributed by atoms with E-state index in [9.17, 15) is 18.0 Å². The second kappa shape index (κ2) is 9.15. The van der Waals surface area contributed by atoms with E-state index in [1.54, 1.807) is 25.9 Å². The van der Waals surface area contributed by atoms with E-state index < -0.39 is 22.0 Å². The fourth-order valence-corrected chi connectivity index (χ4v) is 6.16. The van der Waals surface area contributed by atoms with Crippen LogP contribution < -0.4 is 4.74 Å². The van der Waals surface area contributed by atoms with Gasteiger partial charge in [-0.1, -0.05) is 18.2 Å². The molecule has 2 aromatic carbocycles. The van der Waals surface area contributed by atoms with Gasteiger partial charge in [-0.3, -0.25) is 9.59 Å². The van der Waals surface area contributed by atoms with Crippen LogP contribution in [0.4, 0.5) is 0 Å². The van der Waals surface area contributed by atoms with Gasteiger partial charge in [0.1, 0.15) is 10.6 Å². The quantitative estimate of drug-likeness (QED) is 0.615. The monoisotopic (exact) mass is 472 g/mol. The highest BCUT2D eigenvalue weighted by Gasteiger charge is 2.43. The Morgan fingerprint density at radius 2 is 2.00 bits per heavy atom. The molecule has 8 nitrogen and oxygen atoms in total. The standard InChI is InChI=1S/C24H28N2O6S/c1-16(2)26-24(28)20-11-10-17(13-22(20)33(26,29)30)23(27)25(15-19-8-6-12-32-19)14-18-7-4-5-9-21(18)31-3/h4-5,7,9-11,13,16,19H,6,8,12,14-15H2,1-3H3. The number of ether oxygens (including phenoxy) is 2. The van der Waals surface area contributed by atoms with Gasteiger partial charge in [-0.05, 0) is 51.0 Å². The molecular formula is C24H28N2O6S. The van der Waals surface area contributed by atoms with Crippen molar-refractivity contribution in [2.24, 2.45) is 0 Å². The molecule has 1 unspecified atom stereocenters. The van der Waals surface area contributed by atoms with Crippen molar-refractivity contribution < 1.29 is 27.5 Å². The minimum atomic E-state index is -4.00. The molecule has 33 heavy (non-hydrogen) atoms. The van der Waals surface area contributed by atoms with E-state index in [0.717, 1.165) is 22.7 Å². The molecule has 0 N–H and O–H groups in total. The molecule has 1 atom stereocenters. The number of benzene rings is 2. The summed E-state index contributed by atoms with van der Waals surface area (Å²) < 4.78 is 38.0. The number of methoxy groups -OCH3 is 1. The number of hydrogen-bond acceptors (Lipinski definition) is 6. The van der Waals surface area contributed by atoms with E-state index in [-0.39, 0.29) is 34.6 Å². The fraction of sp³-hybridized carbons (Fsp3) is 0.417. The molecule has 2 heterocycles. The summed E-state index contributed by atoms with van der Waals surface area (Å²) in [7, 11) is -2.42. The zero-order chi connectivity index (χ0) is 23.8. The maximum absolute atomic E-state index is 13.6. The van der Waals surface area contributed by atoms with Gasteiger partial charge in [0.25, 0.3) is 21.8 Å². The molecule has 2 aliphatic rings.